The molecule has 1 N–H and O–H groups in total. The summed E-state index contributed by atoms with van der Waals surface area (Å²) in [6, 6.07) is 12.8. The van der Waals surface area contributed by atoms with Gasteiger partial charge < -0.3 is 10.0 Å². The summed E-state index contributed by atoms with van der Waals surface area (Å²) in [4.78, 5) is 6.89. The average Bonchev–Trinajstić information content (AvgIpc) is 2.73. The van der Waals surface area contributed by atoms with Gasteiger partial charge in [0.25, 0.3) is 0 Å². The lowest BCUT2D eigenvalue weighted by atomic mass is 10.1. The van der Waals surface area contributed by atoms with E-state index >= 15 is 0 Å². The molecule has 3 nitrogen and oxygen atoms in total. The Bertz CT molecular complexity index is 609. The van der Waals surface area contributed by atoms with Crippen LogP contribution in [0.4, 0.5) is 11.5 Å². The standard InChI is InChI=1S/C16H18N2O/c1-11-7-13(10-19)9-16(17-11)18-12(2)8-14-5-3-4-6-15(14)18/h3-7,9,12,19H,8,10H2,1-2H3. The lowest BCUT2D eigenvalue weighted by Gasteiger charge is -2.24. The molecular formula is C16H18N2O. The first-order valence-corrected chi connectivity index (χ1v) is 6.64. The SMILES string of the molecule is Cc1cc(CO)cc(N2c3ccccc3CC2C)n1. The van der Waals surface area contributed by atoms with Crippen LogP contribution in [-0.4, -0.2) is 16.1 Å². The van der Waals surface area contributed by atoms with Crippen LogP contribution >= 0.6 is 0 Å². The van der Waals surface area contributed by atoms with E-state index in [9.17, 15) is 5.11 Å². The predicted octanol–water partition coefficient (Wildman–Crippen LogP) is 2.97. The normalized spacial score (nSPS) is 17.6. The lowest BCUT2D eigenvalue weighted by molar-refractivity contribution is 0.281. The van der Waals surface area contributed by atoms with Crippen molar-refractivity contribution in [2.75, 3.05) is 4.90 Å². The van der Waals surface area contributed by atoms with Gasteiger partial charge in [0.15, 0.2) is 0 Å². The molecule has 0 fully saturated rings. The van der Waals surface area contributed by atoms with Crippen molar-refractivity contribution in [2.24, 2.45) is 0 Å². The number of rotatable bonds is 2. The summed E-state index contributed by atoms with van der Waals surface area (Å²) >= 11 is 0. The molecule has 19 heavy (non-hydrogen) atoms. The lowest BCUT2D eigenvalue weighted by Crippen LogP contribution is -2.25. The van der Waals surface area contributed by atoms with Crippen molar-refractivity contribution in [1.82, 2.24) is 4.98 Å². The van der Waals surface area contributed by atoms with Crippen LogP contribution in [-0.2, 0) is 13.0 Å². The van der Waals surface area contributed by atoms with Crippen LogP contribution in [0, 0.1) is 6.92 Å². The third-order valence-electron chi connectivity index (χ3n) is 3.64. The minimum atomic E-state index is 0.0558. The van der Waals surface area contributed by atoms with Crippen LogP contribution in [0.5, 0.6) is 0 Å². The summed E-state index contributed by atoms with van der Waals surface area (Å²) in [5, 5.41) is 9.34. The molecule has 98 valence electrons. The van der Waals surface area contributed by atoms with Gasteiger partial charge in [-0.1, -0.05) is 18.2 Å². The minimum absolute atomic E-state index is 0.0558. The summed E-state index contributed by atoms with van der Waals surface area (Å²) < 4.78 is 0. The second-order valence-electron chi connectivity index (χ2n) is 5.18. The molecule has 0 saturated carbocycles. The molecule has 0 radical (unpaired) electrons. The molecule has 1 aromatic heterocycles. The number of aromatic nitrogens is 1. The number of nitrogens with zero attached hydrogens (tertiary/aromatic N) is 2. The summed E-state index contributed by atoms with van der Waals surface area (Å²) in [5.41, 5.74) is 4.46. The van der Waals surface area contributed by atoms with Crippen molar-refractivity contribution in [2.45, 2.75) is 32.9 Å². The molecule has 0 spiro atoms. The van der Waals surface area contributed by atoms with Crippen LogP contribution in [0.3, 0.4) is 0 Å². The van der Waals surface area contributed by atoms with Gasteiger partial charge in [0.2, 0.25) is 0 Å². The van der Waals surface area contributed by atoms with E-state index in [-0.39, 0.29) is 6.61 Å². The highest BCUT2D eigenvalue weighted by Gasteiger charge is 2.27. The summed E-state index contributed by atoms with van der Waals surface area (Å²) in [6.07, 6.45) is 1.04. The zero-order valence-electron chi connectivity index (χ0n) is 11.3. The molecule has 1 aliphatic heterocycles. The van der Waals surface area contributed by atoms with Gasteiger partial charge in [0, 0.05) is 17.4 Å². The van der Waals surface area contributed by atoms with E-state index in [0.29, 0.717) is 6.04 Å². The van der Waals surface area contributed by atoms with Gasteiger partial charge >= 0.3 is 0 Å². The van der Waals surface area contributed by atoms with E-state index in [1.807, 2.05) is 19.1 Å². The Balaban J connectivity index is 2.09. The van der Waals surface area contributed by atoms with E-state index in [4.69, 9.17) is 0 Å². The van der Waals surface area contributed by atoms with Crippen molar-refractivity contribution >= 4 is 11.5 Å². The number of aliphatic hydroxyl groups is 1. The number of hydrogen-bond acceptors (Lipinski definition) is 3. The van der Waals surface area contributed by atoms with Gasteiger partial charge in [-0.3, -0.25) is 0 Å². The molecule has 0 aliphatic carbocycles. The van der Waals surface area contributed by atoms with E-state index in [0.717, 1.165) is 23.5 Å². The number of aliphatic hydroxyl groups excluding tert-OH is 1. The topological polar surface area (TPSA) is 36.4 Å². The fourth-order valence-electron chi connectivity index (χ4n) is 2.85. The summed E-state index contributed by atoms with van der Waals surface area (Å²) in [6.45, 7) is 4.23. The van der Waals surface area contributed by atoms with Crippen LogP contribution < -0.4 is 4.90 Å². The zero-order valence-corrected chi connectivity index (χ0v) is 11.3. The molecular weight excluding hydrogens is 236 g/mol. The molecule has 1 atom stereocenters. The first kappa shape index (κ1) is 12.2. The van der Waals surface area contributed by atoms with E-state index in [1.54, 1.807) is 0 Å². The summed E-state index contributed by atoms with van der Waals surface area (Å²) in [5.74, 6) is 0.932. The number of aryl methyl sites for hydroxylation is 1. The van der Waals surface area contributed by atoms with Crippen molar-refractivity contribution in [1.29, 1.82) is 0 Å². The maximum absolute atomic E-state index is 9.34. The predicted molar refractivity (Wildman–Crippen MR) is 76.6 cm³/mol. The number of anilines is 2. The van der Waals surface area contributed by atoms with E-state index < -0.39 is 0 Å². The van der Waals surface area contributed by atoms with Crippen molar-refractivity contribution < 1.29 is 5.11 Å². The molecule has 0 amide bonds. The Morgan fingerprint density at radius 1 is 1.32 bits per heavy atom. The van der Waals surface area contributed by atoms with E-state index in [2.05, 4.69) is 41.1 Å². The molecule has 0 saturated heterocycles. The Hall–Kier alpha value is -1.87. The molecule has 1 unspecified atom stereocenters. The number of fused-ring (bicyclic) bond motifs is 1. The van der Waals surface area contributed by atoms with Crippen LogP contribution in [0.15, 0.2) is 36.4 Å². The largest absolute Gasteiger partial charge is 0.392 e. The van der Waals surface area contributed by atoms with Gasteiger partial charge in [-0.25, -0.2) is 4.98 Å². The second kappa shape index (κ2) is 4.67. The van der Waals surface area contributed by atoms with Crippen molar-refractivity contribution in [3.63, 3.8) is 0 Å². The molecule has 0 bridgehead atoms. The van der Waals surface area contributed by atoms with Gasteiger partial charge in [-0.05, 0) is 49.6 Å². The monoisotopic (exact) mass is 254 g/mol. The Morgan fingerprint density at radius 2 is 2.11 bits per heavy atom. The summed E-state index contributed by atoms with van der Waals surface area (Å²) in [7, 11) is 0. The molecule has 1 aliphatic rings. The van der Waals surface area contributed by atoms with Crippen LogP contribution in [0.1, 0.15) is 23.7 Å². The highest BCUT2D eigenvalue weighted by Crippen LogP contribution is 2.37. The number of pyridine rings is 1. The minimum Gasteiger partial charge on any atom is -0.392 e. The highest BCUT2D eigenvalue weighted by atomic mass is 16.3. The molecule has 3 heteroatoms. The fourth-order valence-corrected chi connectivity index (χ4v) is 2.85. The van der Waals surface area contributed by atoms with Crippen molar-refractivity contribution in [3.8, 4) is 0 Å². The van der Waals surface area contributed by atoms with Crippen LogP contribution in [0.2, 0.25) is 0 Å². The fraction of sp³-hybridized carbons (Fsp3) is 0.312. The highest BCUT2D eigenvalue weighted by molar-refractivity contribution is 5.69. The Kier molecular flexibility index (Phi) is 2.99. The Morgan fingerprint density at radius 3 is 2.89 bits per heavy atom. The van der Waals surface area contributed by atoms with Gasteiger partial charge in [0.05, 0.1) is 6.61 Å². The van der Waals surface area contributed by atoms with E-state index in [1.165, 1.54) is 11.3 Å². The number of hydrogen-bond donors (Lipinski definition) is 1. The smallest absolute Gasteiger partial charge is 0.133 e. The van der Waals surface area contributed by atoms with Gasteiger partial charge in [-0.2, -0.15) is 0 Å². The first-order valence-electron chi connectivity index (χ1n) is 6.64. The first-order chi connectivity index (χ1) is 9.19. The number of benzene rings is 1. The van der Waals surface area contributed by atoms with Gasteiger partial charge in [-0.15, -0.1) is 0 Å². The molecule has 3 rings (SSSR count). The zero-order chi connectivity index (χ0) is 13.4. The van der Waals surface area contributed by atoms with Crippen LogP contribution in [0.25, 0.3) is 0 Å². The average molecular weight is 254 g/mol. The third kappa shape index (κ3) is 2.10. The maximum Gasteiger partial charge on any atom is 0.133 e. The molecule has 2 aromatic rings. The molecule has 1 aromatic carbocycles. The maximum atomic E-state index is 9.34. The Labute approximate surface area is 113 Å². The number of para-hydroxylation sites is 1. The van der Waals surface area contributed by atoms with Gasteiger partial charge in [0.1, 0.15) is 5.82 Å². The quantitative estimate of drug-likeness (QED) is 0.895. The third-order valence-corrected chi connectivity index (χ3v) is 3.64. The second-order valence-corrected chi connectivity index (χ2v) is 5.18. The molecule has 2 heterocycles. The van der Waals surface area contributed by atoms with Crippen molar-refractivity contribution in [3.05, 3.63) is 53.2 Å².